The Balaban J connectivity index is 2.26. The summed E-state index contributed by atoms with van der Waals surface area (Å²) < 4.78 is 0. The average Bonchev–Trinajstić information content (AvgIpc) is 2.94. The number of anilines is 1. The van der Waals surface area contributed by atoms with Gasteiger partial charge in [0.15, 0.2) is 5.65 Å². The van der Waals surface area contributed by atoms with E-state index in [9.17, 15) is 9.90 Å². The molecule has 0 radical (unpaired) electrons. The molecule has 0 amide bonds. The van der Waals surface area contributed by atoms with Gasteiger partial charge in [-0.05, 0) is 18.2 Å². The molecule has 7 heteroatoms. The normalized spacial score (nSPS) is 10.4. The molecule has 21 heavy (non-hydrogen) atoms. The molecule has 0 saturated carbocycles. The lowest BCUT2D eigenvalue weighted by Crippen LogP contribution is -2.00. The van der Waals surface area contributed by atoms with E-state index in [0.717, 1.165) is 0 Å². The molecule has 0 fully saturated rings. The molecule has 0 aliphatic rings. The second-order valence-electron chi connectivity index (χ2n) is 4.41. The Morgan fingerprint density at radius 3 is 2.90 bits per heavy atom. The van der Waals surface area contributed by atoms with Gasteiger partial charge in [-0.25, -0.2) is 9.78 Å². The number of rotatable bonds is 2. The second kappa shape index (κ2) is 4.61. The van der Waals surface area contributed by atoms with Crippen molar-refractivity contribution in [3.8, 4) is 17.3 Å². The van der Waals surface area contributed by atoms with Gasteiger partial charge in [0.05, 0.1) is 28.4 Å². The van der Waals surface area contributed by atoms with E-state index in [1.807, 2.05) is 6.07 Å². The van der Waals surface area contributed by atoms with Crippen LogP contribution in [0.2, 0.25) is 0 Å². The van der Waals surface area contributed by atoms with Crippen LogP contribution in [0.25, 0.3) is 22.3 Å². The van der Waals surface area contributed by atoms with E-state index < -0.39 is 5.97 Å². The molecule has 0 unspecified atom stereocenters. The fourth-order valence-electron chi connectivity index (χ4n) is 2.07. The number of nitrogens with zero attached hydrogens (tertiary/aromatic N) is 3. The Hall–Kier alpha value is -3.40. The number of nitrogens with one attached hydrogen (secondary N) is 1. The number of hydrogen-bond donors (Lipinski definition) is 3. The summed E-state index contributed by atoms with van der Waals surface area (Å²) in [6.45, 7) is 0. The number of aromatic nitrogens is 3. The molecule has 2 heterocycles. The number of benzene rings is 1. The highest BCUT2D eigenvalue weighted by molar-refractivity contribution is 6.02. The van der Waals surface area contributed by atoms with Gasteiger partial charge in [-0.1, -0.05) is 6.07 Å². The van der Waals surface area contributed by atoms with Crippen LogP contribution in [0.15, 0.2) is 30.5 Å². The highest BCUT2D eigenvalue weighted by Crippen LogP contribution is 2.26. The number of carboxylic acids is 1. The van der Waals surface area contributed by atoms with Gasteiger partial charge in [-0.15, -0.1) is 0 Å². The monoisotopic (exact) mass is 279 g/mol. The van der Waals surface area contributed by atoms with Crippen molar-refractivity contribution < 1.29 is 9.90 Å². The minimum Gasteiger partial charge on any atom is -0.478 e. The van der Waals surface area contributed by atoms with Crippen molar-refractivity contribution in [3.63, 3.8) is 0 Å². The Labute approximate surface area is 118 Å². The third-order valence-corrected chi connectivity index (χ3v) is 3.12. The lowest BCUT2D eigenvalue weighted by molar-refractivity contribution is 0.0699. The fraction of sp³-hybridized carbons (Fsp3) is 0. The average molecular weight is 279 g/mol. The van der Waals surface area contributed by atoms with E-state index in [-0.39, 0.29) is 5.56 Å². The van der Waals surface area contributed by atoms with E-state index in [1.54, 1.807) is 18.2 Å². The van der Waals surface area contributed by atoms with Crippen molar-refractivity contribution in [2.45, 2.75) is 0 Å². The lowest BCUT2D eigenvalue weighted by Gasteiger charge is -2.05. The Morgan fingerprint density at radius 2 is 2.19 bits per heavy atom. The summed E-state index contributed by atoms with van der Waals surface area (Å²) in [5, 5.41) is 25.2. The van der Waals surface area contributed by atoms with Crippen LogP contribution in [0.1, 0.15) is 15.9 Å². The van der Waals surface area contributed by atoms with Gasteiger partial charge >= 0.3 is 5.97 Å². The predicted molar refractivity (Wildman–Crippen MR) is 75.4 cm³/mol. The number of nitriles is 1. The van der Waals surface area contributed by atoms with Crippen LogP contribution in [0, 0.1) is 11.3 Å². The number of aromatic carboxylic acids is 1. The number of aromatic amines is 1. The van der Waals surface area contributed by atoms with Gasteiger partial charge in [-0.3, -0.25) is 5.10 Å². The summed E-state index contributed by atoms with van der Waals surface area (Å²) in [4.78, 5) is 15.7. The Morgan fingerprint density at radius 1 is 1.38 bits per heavy atom. The molecule has 2 aromatic heterocycles. The predicted octanol–water partition coefficient (Wildman–Crippen LogP) is 1.78. The SMILES string of the molecule is N#Cc1cc(-c2cc(C(=O)O)c3cn[nH]c3n2)ccc1N. The maximum atomic E-state index is 11.3. The Kier molecular flexibility index (Phi) is 2.77. The first-order chi connectivity index (χ1) is 10.1. The molecule has 102 valence electrons. The maximum absolute atomic E-state index is 11.3. The molecule has 4 N–H and O–H groups in total. The molecule has 0 bridgehead atoms. The van der Waals surface area contributed by atoms with Crippen LogP contribution in [-0.2, 0) is 0 Å². The number of carboxylic acid groups (broad SMARTS) is 1. The molecule has 0 aliphatic carbocycles. The molecule has 1 aromatic carbocycles. The quantitative estimate of drug-likeness (QED) is 0.613. The van der Waals surface area contributed by atoms with E-state index in [0.29, 0.717) is 33.5 Å². The zero-order valence-electron chi connectivity index (χ0n) is 10.7. The van der Waals surface area contributed by atoms with Crippen LogP contribution in [-0.4, -0.2) is 26.3 Å². The Bertz CT molecular complexity index is 907. The van der Waals surface area contributed by atoms with Crippen molar-refractivity contribution in [3.05, 3.63) is 41.6 Å². The summed E-state index contributed by atoms with van der Waals surface area (Å²) in [7, 11) is 0. The van der Waals surface area contributed by atoms with E-state index >= 15 is 0 Å². The first-order valence-corrected chi connectivity index (χ1v) is 5.97. The third kappa shape index (κ3) is 2.04. The topological polar surface area (TPSA) is 129 Å². The van der Waals surface area contributed by atoms with Crippen LogP contribution >= 0.6 is 0 Å². The molecule has 0 spiro atoms. The molecule has 3 aromatic rings. The van der Waals surface area contributed by atoms with Gasteiger partial charge in [0.25, 0.3) is 0 Å². The number of nitrogens with two attached hydrogens (primary N) is 1. The molecule has 0 aliphatic heterocycles. The summed E-state index contributed by atoms with van der Waals surface area (Å²) in [5.74, 6) is -1.07. The number of nitrogen functional groups attached to an aromatic ring is 1. The third-order valence-electron chi connectivity index (χ3n) is 3.12. The highest BCUT2D eigenvalue weighted by atomic mass is 16.4. The standard InChI is InChI=1S/C14H9N5O2/c15-5-8-3-7(1-2-11(8)16)12-4-9(14(20)21)10-6-17-19-13(10)18-12/h1-4,6H,16H2,(H,20,21)(H,17,18,19). The zero-order valence-corrected chi connectivity index (χ0v) is 10.7. The lowest BCUT2D eigenvalue weighted by atomic mass is 10.0. The number of fused-ring (bicyclic) bond motifs is 1. The summed E-state index contributed by atoms with van der Waals surface area (Å²) in [6, 6.07) is 8.29. The number of carbonyl (C=O) groups is 1. The molecular weight excluding hydrogens is 270 g/mol. The molecule has 7 nitrogen and oxygen atoms in total. The van der Waals surface area contributed by atoms with Gasteiger partial charge in [0.1, 0.15) is 6.07 Å². The fourth-order valence-corrected chi connectivity index (χ4v) is 2.07. The van der Waals surface area contributed by atoms with Crippen molar-refractivity contribution in [1.29, 1.82) is 5.26 Å². The van der Waals surface area contributed by atoms with Crippen molar-refractivity contribution in [2.75, 3.05) is 5.73 Å². The largest absolute Gasteiger partial charge is 0.478 e. The number of H-pyrrole nitrogens is 1. The molecule has 0 saturated heterocycles. The van der Waals surface area contributed by atoms with E-state index in [2.05, 4.69) is 15.2 Å². The van der Waals surface area contributed by atoms with Crippen LogP contribution in [0.5, 0.6) is 0 Å². The summed E-state index contributed by atoms with van der Waals surface area (Å²) in [5.41, 5.74) is 7.87. The minimum absolute atomic E-state index is 0.0964. The van der Waals surface area contributed by atoms with Gasteiger partial charge < -0.3 is 10.8 Å². The van der Waals surface area contributed by atoms with Crippen LogP contribution in [0.3, 0.4) is 0 Å². The number of pyridine rings is 1. The van der Waals surface area contributed by atoms with Crippen molar-refractivity contribution in [2.24, 2.45) is 0 Å². The van der Waals surface area contributed by atoms with Crippen LogP contribution in [0.4, 0.5) is 5.69 Å². The molecule has 0 atom stereocenters. The van der Waals surface area contributed by atoms with E-state index in [4.69, 9.17) is 11.0 Å². The van der Waals surface area contributed by atoms with Crippen LogP contribution < -0.4 is 5.73 Å². The number of hydrogen-bond acceptors (Lipinski definition) is 5. The van der Waals surface area contributed by atoms with Crippen molar-refractivity contribution >= 4 is 22.7 Å². The molecular formula is C14H9N5O2. The summed E-state index contributed by atoms with van der Waals surface area (Å²) >= 11 is 0. The first kappa shape index (κ1) is 12.6. The van der Waals surface area contributed by atoms with Gasteiger partial charge in [0.2, 0.25) is 0 Å². The maximum Gasteiger partial charge on any atom is 0.336 e. The van der Waals surface area contributed by atoms with E-state index in [1.165, 1.54) is 12.3 Å². The van der Waals surface area contributed by atoms with Crippen molar-refractivity contribution in [1.82, 2.24) is 15.2 Å². The minimum atomic E-state index is -1.07. The smallest absolute Gasteiger partial charge is 0.336 e. The zero-order chi connectivity index (χ0) is 15.0. The second-order valence-corrected chi connectivity index (χ2v) is 4.41. The van der Waals surface area contributed by atoms with Gasteiger partial charge in [0, 0.05) is 11.3 Å². The summed E-state index contributed by atoms with van der Waals surface area (Å²) in [6.07, 6.45) is 1.42. The van der Waals surface area contributed by atoms with Gasteiger partial charge in [-0.2, -0.15) is 10.4 Å². The highest BCUT2D eigenvalue weighted by Gasteiger charge is 2.14. The molecule has 3 rings (SSSR count). The first-order valence-electron chi connectivity index (χ1n) is 5.97.